The molecule has 1 aromatic carbocycles. The largest absolute Gasteiger partial charge is 0.394 e. The van der Waals surface area contributed by atoms with Crippen molar-refractivity contribution in [2.45, 2.75) is 19.4 Å². The van der Waals surface area contributed by atoms with Crippen molar-refractivity contribution in [3.8, 4) is 0 Å². The molecule has 0 aliphatic carbocycles. The number of amides is 1. The summed E-state index contributed by atoms with van der Waals surface area (Å²) in [6, 6.07) is 7.13. The zero-order valence-electron chi connectivity index (χ0n) is 9.44. The van der Waals surface area contributed by atoms with Crippen LogP contribution in [0.5, 0.6) is 0 Å². The number of carbonyl (C=O) groups is 1. The second kappa shape index (κ2) is 6.25. The zero-order valence-corrected chi connectivity index (χ0v) is 9.44. The number of aliphatic hydroxyl groups is 1. The average Bonchev–Trinajstić information content (AvgIpc) is 2.30. The van der Waals surface area contributed by atoms with Gasteiger partial charge in [-0.2, -0.15) is 0 Å². The molecule has 16 heavy (non-hydrogen) atoms. The topological polar surface area (TPSA) is 75.3 Å². The molecule has 1 rings (SSSR count). The fraction of sp³-hybridized carbons (Fsp3) is 0.417. The van der Waals surface area contributed by atoms with E-state index in [0.29, 0.717) is 18.5 Å². The van der Waals surface area contributed by atoms with Crippen molar-refractivity contribution in [3.63, 3.8) is 0 Å². The van der Waals surface area contributed by atoms with Crippen molar-refractivity contribution in [3.05, 3.63) is 35.4 Å². The van der Waals surface area contributed by atoms with Gasteiger partial charge in [0.05, 0.1) is 6.61 Å². The Hall–Kier alpha value is -1.39. The number of hydrogen-bond donors (Lipinski definition) is 3. The molecule has 1 atom stereocenters. The predicted octanol–water partition coefficient (Wildman–Crippen LogP) is 0.298. The summed E-state index contributed by atoms with van der Waals surface area (Å²) in [6.07, 6.45) is 0.678. The van der Waals surface area contributed by atoms with Gasteiger partial charge in [-0.3, -0.25) is 4.79 Å². The molecule has 0 unspecified atom stereocenters. The molecule has 0 bridgehead atoms. The maximum Gasteiger partial charge on any atom is 0.251 e. The molecule has 4 heteroatoms. The molecule has 0 saturated carbocycles. The van der Waals surface area contributed by atoms with Gasteiger partial charge in [-0.15, -0.1) is 0 Å². The fourth-order valence-electron chi connectivity index (χ4n) is 1.46. The van der Waals surface area contributed by atoms with Gasteiger partial charge in [0.25, 0.3) is 5.91 Å². The van der Waals surface area contributed by atoms with Crippen LogP contribution >= 0.6 is 0 Å². The summed E-state index contributed by atoms with van der Waals surface area (Å²) < 4.78 is 0. The van der Waals surface area contributed by atoms with Crippen LogP contribution < -0.4 is 11.1 Å². The first-order valence-electron chi connectivity index (χ1n) is 5.38. The van der Waals surface area contributed by atoms with Crippen LogP contribution in [0.15, 0.2) is 24.3 Å². The lowest BCUT2D eigenvalue weighted by atomic mass is 10.0. The summed E-state index contributed by atoms with van der Waals surface area (Å²) in [5, 5.41) is 11.6. The van der Waals surface area contributed by atoms with E-state index in [1.807, 2.05) is 18.2 Å². The highest BCUT2D eigenvalue weighted by atomic mass is 16.3. The van der Waals surface area contributed by atoms with Crippen molar-refractivity contribution in [2.75, 3.05) is 13.2 Å². The molecule has 0 aliphatic heterocycles. The number of carbonyl (C=O) groups excluding carboxylic acids is 1. The van der Waals surface area contributed by atoms with Crippen LogP contribution in [-0.2, 0) is 6.42 Å². The lowest BCUT2D eigenvalue weighted by Crippen LogP contribution is -2.35. The first kappa shape index (κ1) is 12.7. The van der Waals surface area contributed by atoms with Gasteiger partial charge in [-0.1, -0.05) is 18.2 Å². The summed E-state index contributed by atoms with van der Waals surface area (Å²) in [7, 11) is 0. The molecular weight excluding hydrogens is 204 g/mol. The van der Waals surface area contributed by atoms with E-state index in [1.54, 1.807) is 13.0 Å². The van der Waals surface area contributed by atoms with E-state index in [1.165, 1.54) is 0 Å². The first-order valence-corrected chi connectivity index (χ1v) is 5.38. The Morgan fingerprint density at radius 1 is 1.50 bits per heavy atom. The van der Waals surface area contributed by atoms with E-state index in [9.17, 15) is 4.79 Å². The Morgan fingerprint density at radius 3 is 2.81 bits per heavy atom. The van der Waals surface area contributed by atoms with Gasteiger partial charge in [0.1, 0.15) is 0 Å². The highest BCUT2D eigenvalue weighted by molar-refractivity contribution is 5.95. The number of aliphatic hydroxyl groups excluding tert-OH is 1. The van der Waals surface area contributed by atoms with Crippen LogP contribution in [0.1, 0.15) is 22.8 Å². The van der Waals surface area contributed by atoms with E-state index >= 15 is 0 Å². The molecule has 0 aliphatic rings. The SMILES string of the molecule is C[C@@H](CO)NC(=O)c1ccccc1CCN. The fourth-order valence-corrected chi connectivity index (χ4v) is 1.46. The van der Waals surface area contributed by atoms with Crippen LogP contribution in [0.25, 0.3) is 0 Å². The standard InChI is InChI=1S/C12H18N2O2/c1-9(8-15)14-12(16)11-5-3-2-4-10(11)6-7-13/h2-5,9,15H,6-8,13H2,1H3,(H,14,16)/t9-/m0/s1. The summed E-state index contributed by atoms with van der Waals surface area (Å²) >= 11 is 0. The van der Waals surface area contributed by atoms with Crippen LogP contribution in [0.3, 0.4) is 0 Å². The molecule has 0 spiro atoms. The minimum absolute atomic E-state index is 0.0647. The quantitative estimate of drug-likeness (QED) is 0.670. The van der Waals surface area contributed by atoms with Crippen molar-refractivity contribution in [1.82, 2.24) is 5.32 Å². The van der Waals surface area contributed by atoms with Crippen LogP contribution in [0.2, 0.25) is 0 Å². The monoisotopic (exact) mass is 222 g/mol. The Kier molecular flexibility index (Phi) is 4.95. The van der Waals surface area contributed by atoms with E-state index in [-0.39, 0.29) is 18.6 Å². The Labute approximate surface area is 95.5 Å². The number of nitrogens with one attached hydrogen (secondary N) is 1. The van der Waals surface area contributed by atoms with Crippen molar-refractivity contribution in [2.24, 2.45) is 5.73 Å². The summed E-state index contributed by atoms with van der Waals surface area (Å²) in [5.41, 5.74) is 7.06. The third kappa shape index (κ3) is 3.32. The van der Waals surface area contributed by atoms with Gasteiger partial charge < -0.3 is 16.2 Å². The molecule has 0 saturated heterocycles. The summed E-state index contributed by atoms with van der Waals surface area (Å²) in [6.45, 7) is 2.20. The van der Waals surface area contributed by atoms with Gasteiger partial charge in [0, 0.05) is 11.6 Å². The smallest absolute Gasteiger partial charge is 0.251 e. The summed E-state index contributed by atoms with van der Waals surface area (Å²) in [5.74, 6) is -0.161. The highest BCUT2D eigenvalue weighted by Crippen LogP contribution is 2.09. The van der Waals surface area contributed by atoms with Gasteiger partial charge in [0.2, 0.25) is 0 Å². The number of hydrogen-bond acceptors (Lipinski definition) is 3. The Morgan fingerprint density at radius 2 is 2.19 bits per heavy atom. The molecule has 4 N–H and O–H groups in total. The molecule has 0 fully saturated rings. The van der Waals surface area contributed by atoms with Crippen molar-refractivity contribution < 1.29 is 9.90 Å². The van der Waals surface area contributed by atoms with E-state index in [2.05, 4.69) is 5.32 Å². The molecule has 0 heterocycles. The Bertz CT molecular complexity index is 353. The highest BCUT2D eigenvalue weighted by Gasteiger charge is 2.12. The maximum atomic E-state index is 11.8. The molecule has 0 radical (unpaired) electrons. The lowest BCUT2D eigenvalue weighted by Gasteiger charge is -2.13. The first-order chi connectivity index (χ1) is 7.69. The second-order valence-corrected chi connectivity index (χ2v) is 3.75. The molecular formula is C12H18N2O2. The normalized spacial score (nSPS) is 12.2. The van der Waals surface area contributed by atoms with Crippen molar-refractivity contribution in [1.29, 1.82) is 0 Å². The second-order valence-electron chi connectivity index (χ2n) is 3.75. The number of benzene rings is 1. The maximum absolute atomic E-state index is 11.8. The van der Waals surface area contributed by atoms with E-state index in [4.69, 9.17) is 10.8 Å². The van der Waals surface area contributed by atoms with Crippen LogP contribution in [-0.4, -0.2) is 30.2 Å². The molecule has 1 aromatic rings. The number of nitrogens with two attached hydrogens (primary N) is 1. The van der Waals surface area contributed by atoms with Gasteiger partial charge in [-0.25, -0.2) is 0 Å². The average molecular weight is 222 g/mol. The molecule has 4 nitrogen and oxygen atoms in total. The lowest BCUT2D eigenvalue weighted by molar-refractivity contribution is 0.0921. The summed E-state index contributed by atoms with van der Waals surface area (Å²) in [4.78, 5) is 11.8. The van der Waals surface area contributed by atoms with E-state index in [0.717, 1.165) is 5.56 Å². The van der Waals surface area contributed by atoms with Gasteiger partial charge in [0.15, 0.2) is 0 Å². The van der Waals surface area contributed by atoms with Crippen molar-refractivity contribution >= 4 is 5.91 Å². The molecule has 1 amide bonds. The van der Waals surface area contributed by atoms with Gasteiger partial charge >= 0.3 is 0 Å². The van der Waals surface area contributed by atoms with Gasteiger partial charge in [-0.05, 0) is 31.5 Å². The third-order valence-corrected chi connectivity index (χ3v) is 2.33. The predicted molar refractivity (Wildman–Crippen MR) is 63.2 cm³/mol. The van der Waals surface area contributed by atoms with Crippen LogP contribution in [0.4, 0.5) is 0 Å². The van der Waals surface area contributed by atoms with Crippen LogP contribution in [0, 0.1) is 0 Å². The molecule has 88 valence electrons. The third-order valence-electron chi connectivity index (χ3n) is 2.33. The Balaban J connectivity index is 2.81. The molecule has 0 aromatic heterocycles. The minimum Gasteiger partial charge on any atom is -0.394 e. The minimum atomic E-state index is -0.238. The van der Waals surface area contributed by atoms with E-state index < -0.39 is 0 Å². The number of rotatable bonds is 5. The zero-order chi connectivity index (χ0) is 12.0.